The van der Waals surface area contributed by atoms with E-state index in [1.165, 1.54) is 19.3 Å². The predicted octanol–water partition coefficient (Wildman–Crippen LogP) is 2.39. The van der Waals surface area contributed by atoms with Crippen LogP contribution in [0.2, 0.25) is 0 Å². The predicted molar refractivity (Wildman–Crippen MR) is 62.4 cm³/mol. The van der Waals surface area contributed by atoms with E-state index < -0.39 is 0 Å². The highest BCUT2D eigenvalue weighted by molar-refractivity contribution is 4.93. The van der Waals surface area contributed by atoms with Gasteiger partial charge in [-0.25, -0.2) is 0 Å². The van der Waals surface area contributed by atoms with Crippen molar-refractivity contribution in [3.63, 3.8) is 0 Å². The Hall–Kier alpha value is -0.960. The summed E-state index contributed by atoms with van der Waals surface area (Å²) in [5.41, 5.74) is 1.02. The van der Waals surface area contributed by atoms with Gasteiger partial charge in [0.25, 0.3) is 0 Å². The highest BCUT2D eigenvalue weighted by Crippen LogP contribution is 2.05. The van der Waals surface area contributed by atoms with Crippen LogP contribution in [-0.2, 0) is 6.54 Å². The van der Waals surface area contributed by atoms with Gasteiger partial charge in [-0.1, -0.05) is 26.7 Å². The van der Waals surface area contributed by atoms with Crippen LogP contribution in [0.3, 0.4) is 0 Å². The van der Waals surface area contributed by atoms with Crippen molar-refractivity contribution in [3.05, 3.63) is 24.3 Å². The number of unbranched alkanes of at least 4 members (excludes halogenated alkanes) is 1. The molecule has 0 atom stereocenters. The maximum Gasteiger partial charge on any atom is 0.0724 e. The Morgan fingerprint density at radius 2 is 2.13 bits per heavy atom. The lowest BCUT2D eigenvalue weighted by atomic mass is 10.1. The number of nitrogens with zero attached hydrogens (tertiary/aromatic N) is 2. The molecule has 0 saturated heterocycles. The van der Waals surface area contributed by atoms with Crippen molar-refractivity contribution in [1.82, 2.24) is 15.3 Å². The molecule has 1 rings (SSSR count). The second-order valence-corrected chi connectivity index (χ2v) is 4.26. The lowest BCUT2D eigenvalue weighted by Crippen LogP contribution is -2.15. The molecule has 0 aliphatic rings. The maximum absolute atomic E-state index is 4.20. The summed E-state index contributed by atoms with van der Waals surface area (Å²) in [6, 6.07) is 0. The zero-order valence-electron chi connectivity index (χ0n) is 9.74. The molecule has 1 aromatic heterocycles. The first kappa shape index (κ1) is 12.1. The van der Waals surface area contributed by atoms with Crippen LogP contribution < -0.4 is 5.32 Å². The molecular formula is C12H21N3. The van der Waals surface area contributed by atoms with Crippen LogP contribution in [0.15, 0.2) is 18.6 Å². The van der Waals surface area contributed by atoms with Crippen molar-refractivity contribution in [1.29, 1.82) is 0 Å². The molecular weight excluding hydrogens is 186 g/mol. The number of nitrogens with one attached hydrogen (secondary N) is 1. The molecule has 1 aromatic rings. The molecule has 0 fully saturated rings. The maximum atomic E-state index is 4.20. The van der Waals surface area contributed by atoms with Crippen molar-refractivity contribution >= 4 is 0 Å². The molecule has 15 heavy (non-hydrogen) atoms. The van der Waals surface area contributed by atoms with E-state index >= 15 is 0 Å². The van der Waals surface area contributed by atoms with E-state index in [4.69, 9.17) is 0 Å². The molecule has 1 N–H and O–H groups in total. The Morgan fingerprint density at radius 3 is 2.80 bits per heavy atom. The molecule has 0 aliphatic heterocycles. The Morgan fingerprint density at radius 1 is 1.27 bits per heavy atom. The van der Waals surface area contributed by atoms with Crippen LogP contribution in [0.5, 0.6) is 0 Å². The second kappa shape index (κ2) is 7.35. The van der Waals surface area contributed by atoms with Crippen molar-refractivity contribution < 1.29 is 0 Å². The Balaban J connectivity index is 1.98. The van der Waals surface area contributed by atoms with Gasteiger partial charge in [-0.3, -0.25) is 9.97 Å². The summed E-state index contributed by atoms with van der Waals surface area (Å²) in [6.07, 6.45) is 9.12. The molecule has 0 aliphatic carbocycles. The molecule has 0 bridgehead atoms. The summed E-state index contributed by atoms with van der Waals surface area (Å²) in [4.78, 5) is 8.22. The summed E-state index contributed by atoms with van der Waals surface area (Å²) in [7, 11) is 0. The Bertz CT molecular complexity index is 246. The van der Waals surface area contributed by atoms with Gasteiger partial charge in [-0.15, -0.1) is 0 Å². The SMILES string of the molecule is CC(C)CCCCNCc1cnccn1. The van der Waals surface area contributed by atoms with Gasteiger partial charge in [0.2, 0.25) is 0 Å². The summed E-state index contributed by atoms with van der Waals surface area (Å²) in [6.45, 7) is 6.44. The average Bonchev–Trinajstić information content (AvgIpc) is 2.24. The number of hydrogen-bond acceptors (Lipinski definition) is 3. The molecule has 0 saturated carbocycles. The molecule has 0 amide bonds. The van der Waals surface area contributed by atoms with E-state index in [0.717, 1.165) is 24.7 Å². The molecule has 0 aromatic carbocycles. The molecule has 0 unspecified atom stereocenters. The fraction of sp³-hybridized carbons (Fsp3) is 0.667. The van der Waals surface area contributed by atoms with Crippen LogP contribution in [0.4, 0.5) is 0 Å². The Kier molecular flexibility index (Phi) is 5.93. The van der Waals surface area contributed by atoms with Crippen LogP contribution in [0.25, 0.3) is 0 Å². The minimum atomic E-state index is 0.824. The average molecular weight is 207 g/mol. The molecule has 3 heteroatoms. The van der Waals surface area contributed by atoms with Crippen molar-refractivity contribution in [2.24, 2.45) is 5.92 Å². The first-order chi connectivity index (χ1) is 7.29. The normalized spacial score (nSPS) is 10.9. The van der Waals surface area contributed by atoms with Crippen molar-refractivity contribution in [3.8, 4) is 0 Å². The van der Waals surface area contributed by atoms with E-state index in [9.17, 15) is 0 Å². The van der Waals surface area contributed by atoms with Gasteiger partial charge >= 0.3 is 0 Å². The third kappa shape index (κ3) is 6.18. The highest BCUT2D eigenvalue weighted by Gasteiger charge is 1.95. The topological polar surface area (TPSA) is 37.8 Å². The molecule has 84 valence electrons. The minimum Gasteiger partial charge on any atom is -0.311 e. The minimum absolute atomic E-state index is 0.824. The third-order valence-corrected chi connectivity index (χ3v) is 2.31. The first-order valence-corrected chi connectivity index (χ1v) is 5.74. The van der Waals surface area contributed by atoms with Gasteiger partial charge in [0.1, 0.15) is 0 Å². The summed E-state index contributed by atoms with van der Waals surface area (Å²) < 4.78 is 0. The van der Waals surface area contributed by atoms with E-state index in [2.05, 4.69) is 29.1 Å². The van der Waals surface area contributed by atoms with Crippen LogP contribution in [0.1, 0.15) is 38.8 Å². The van der Waals surface area contributed by atoms with Gasteiger partial charge in [0.05, 0.1) is 5.69 Å². The van der Waals surface area contributed by atoms with Crippen LogP contribution >= 0.6 is 0 Å². The van der Waals surface area contributed by atoms with Gasteiger partial charge in [0, 0.05) is 25.1 Å². The zero-order valence-corrected chi connectivity index (χ0v) is 9.74. The van der Waals surface area contributed by atoms with Crippen LogP contribution in [-0.4, -0.2) is 16.5 Å². The monoisotopic (exact) mass is 207 g/mol. The zero-order chi connectivity index (χ0) is 10.9. The molecule has 0 radical (unpaired) electrons. The van der Waals surface area contributed by atoms with Gasteiger partial charge in [0.15, 0.2) is 0 Å². The standard InChI is InChI=1S/C12H21N3/c1-11(2)5-3-4-6-13-9-12-10-14-7-8-15-12/h7-8,10-11,13H,3-6,9H2,1-2H3. The fourth-order valence-corrected chi connectivity index (χ4v) is 1.44. The van der Waals surface area contributed by atoms with Crippen molar-refractivity contribution in [2.45, 2.75) is 39.7 Å². The van der Waals surface area contributed by atoms with Gasteiger partial charge < -0.3 is 5.32 Å². The highest BCUT2D eigenvalue weighted by atomic mass is 14.9. The second-order valence-electron chi connectivity index (χ2n) is 4.26. The van der Waals surface area contributed by atoms with E-state index in [0.29, 0.717) is 0 Å². The third-order valence-electron chi connectivity index (χ3n) is 2.31. The largest absolute Gasteiger partial charge is 0.311 e. The molecule has 3 nitrogen and oxygen atoms in total. The molecule has 0 spiro atoms. The summed E-state index contributed by atoms with van der Waals surface area (Å²) >= 11 is 0. The lowest BCUT2D eigenvalue weighted by molar-refractivity contribution is 0.519. The fourth-order valence-electron chi connectivity index (χ4n) is 1.44. The van der Waals surface area contributed by atoms with E-state index in [-0.39, 0.29) is 0 Å². The van der Waals surface area contributed by atoms with Gasteiger partial charge in [-0.2, -0.15) is 0 Å². The number of aromatic nitrogens is 2. The lowest BCUT2D eigenvalue weighted by Gasteiger charge is -2.05. The van der Waals surface area contributed by atoms with E-state index in [1.54, 1.807) is 18.6 Å². The van der Waals surface area contributed by atoms with Gasteiger partial charge in [-0.05, 0) is 18.9 Å². The number of hydrogen-bond donors (Lipinski definition) is 1. The Labute approximate surface area is 92.3 Å². The van der Waals surface area contributed by atoms with E-state index in [1.807, 2.05) is 0 Å². The summed E-state index contributed by atoms with van der Waals surface area (Å²) in [5, 5.41) is 3.37. The van der Waals surface area contributed by atoms with Crippen molar-refractivity contribution in [2.75, 3.05) is 6.54 Å². The molecule has 1 heterocycles. The first-order valence-electron chi connectivity index (χ1n) is 5.74. The number of rotatable bonds is 7. The summed E-state index contributed by atoms with van der Waals surface area (Å²) in [5.74, 6) is 0.824. The smallest absolute Gasteiger partial charge is 0.0724 e. The quantitative estimate of drug-likeness (QED) is 0.698. The van der Waals surface area contributed by atoms with Crippen LogP contribution in [0, 0.1) is 5.92 Å².